The van der Waals surface area contributed by atoms with Crippen LogP contribution in [0.15, 0.2) is 46.6 Å². The molecule has 2 N–H and O–H groups in total. The largest absolute Gasteiger partial charge is 0.478 e. The zero-order chi connectivity index (χ0) is 22.5. The van der Waals surface area contributed by atoms with Crippen molar-refractivity contribution in [1.82, 2.24) is 0 Å². The fraction of sp³-hybridized carbons (Fsp3) is 0.278. The quantitative estimate of drug-likeness (QED) is 0.362. The van der Waals surface area contributed by atoms with E-state index in [1.165, 1.54) is 12.1 Å². The molecule has 0 unspecified atom stereocenters. The van der Waals surface area contributed by atoms with Crippen molar-refractivity contribution in [1.29, 1.82) is 0 Å². The lowest BCUT2D eigenvalue weighted by Gasteiger charge is -2.21. The van der Waals surface area contributed by atoms with Crippen LogP contribution in [0.1, 0.15) is 22.8 Å². The molecular formula is C18H17F3N4O5. The lowest BCUT2D eigenvalue weighted by Crippen LogP contribution is -2.25. The van der Waals surface area contributed by atoms with Crippen LogP contribution in [0.4, 0.5) is 35.9 Å². The van der Waals surface area contributed by atoms with Gasteiger partial charge in [-0.3, -0.25) is 10.1 Å². The van der Waals surface area contributed by atoms with Gasteiger partial charge in [-0.25, -0.2) is 4.79 Å². The Morgan fingerprint density at radius 1 is 1.20 bits per heavy atom. The Hall–Kier alpha value is -3.54. The summed E-state index contributed by atoms with van der Waals surface area (Å²) in [5.74, 6) is -1.68. The normalized spacial score (nSPS) is 11.6. The van der Waals surface area contributed by atoms with Gasteiger partial charge < -0.3 is 15.1 Å². The van der Waals surface area contributed by atoms with Crippen LogP contribution < -0.4 is 4.90 Å². The zero-order valence-corrected chi connectivity index (χ0v) is 15.6. The minimum atomic E-state index is -5.08. The number of aliphatic hydroxyl groups is 1. The van der Waals surface area contributed by atoms with Crippen molar-refractivity contribution in [2.75, 3.05) is 24.6 Å². The van der Waals surface area contributed by atoms with Crippen LogP contribution in [0.25, 0.3) is 0 Å². The fourth-order valence-corrected chi connectivity index (χ4v) is 2.64. The third kappa shape index (κ3) is 5.29. The van der Waals surface area contributed by atoms with E-state index in [9.17, 15) is 33.2 Å². The van der Waals surface area contributed by atoms with Crippen molar-refractivity contribution >= 4 is 28.7 Å². The van der Waals surface area contributed by atoms with E-state index in [4.69, 9.17) is 5.11 Å². The molecular weight excluding hydrogens is 409 g/mol. The average Bonchev–Trinajstić information content (AvgIpc) is 2.69. The molecule has 2 aromatic rings. The van der Waals surface area contributed by atoms with E-state index in [-0.39, 0.29) is 12.3 Å². The fourth-order valence-electron chi connectivity index (χ4n) is 2.64. The number of alkyl halides is 3. The Morgan fingerprint density at radius 2 is 1.83 bits per heavy atom. The monoisotopic (exact) mass is 426 g/mol. The summed E-state index contributed by atoms with van der Waals surface area (Å²) in [5, 5.41) is 36.5. The number of carboxylic acid groups (broad SMARTS) is 1. The van der Waals surface area contributed by atoms with Crippen LogP contribution in [0, 0.1) is 10.1 Å². The van der Waals surface area contributed by atoms with Crippen LogP contribution in [0.5, 0.6) is 0 Å². The van der Waals surface area contributed by atoms with Gasteiger partial charge in [-0.15, -0.1) is 5.11 Å². The smallest absolute Gasteiger partial charge is 0.423 e. The second-order valence-corrected chi connectivity index (χ2v) is 5.97. The van der Waals surface area contributed by atoms with Gasteiger partial charge in [0, 0.05) is 24.8 Å². The summed E-state index contributed by atoms with van der Waals surface area (Å²) in [6, 6.07) is 6.94. The van der Waals surface area contributed by atoms with Crippen LogP contribution in [-0.4, -0.2) is 40.8 Å². The molecule has 0 atom stereocenters. The van der Waals surface area contributed by atoms with Crippen LogP contribution in [-0.2, 0) is 6.18 Å². The van der Waals surface area contributed by atoms with Crippen molar-refractivity contribution in [3.8, 4) is 0 Å². The SMILES string of the molecule is CCN(CCO)c1ccc(N=Nc2cc(C(F)(F)F)c([N+](=O)[O-])cc2C(=O)O)cc1. The van der Waals surface area contributed by atoms with Gasteiger partial charge in [0.2, 0.25) is 0 Å². The number of benzene rings is 2. The van der Waals surface area contributed by atoms with Gasteiger partial charge in [-0.05, 0) is 37.3 Å². The minimum absolute atomic E-state index is 0.0467. The van der Waals surface area contributed by atoms with Gasteiger partial charge in [-0.2, -0.15) is 18.3 Å². The summed E-state index contributed by atoms with van der Waals surface area (Å²) in [7, 11) is 0. The zero-order valence-electron chi connectivity index (χ0n) is 15.6. The van der Waals surface area contributed by atoms with Crippen LogP contribution in [0.3, 0.4) is 0 Å². The lowest BCUT2D eigenvalue weighted by molar-refractivity contribution is -0.388. The first-order chi connectivity index (χ1) is 14.1. The molecule has 0 aliphatic heterocycles. The Balaban J connectivity index is 2.45. The summed E-state index contributed by atoms with van der Waals surface area (Å²) in [4.78, 5) is 22.8. The van der Waals surface area contributed by atoms with Crippen molar-refractivity contribution in [2.24, 2.45) is 10.2 Å². The first kappa shape index (κ1) is 22.7. The molecule has 0 spiro atoms. The molecule has 2 aromatic carbocycles. The number of aromatic carboxylic acids is 1. The number of aliphatic hydroxyl groups excluding tert-OH is 1. The van der Waals surface area contributed by atoms with Crippen molar-refractivity contribution in [2.45, 2.75) is 13.1 Å². The van der Waals surface area contributed by atoms with E-state index >= 15 is 0 Å². The number of hydrogen-bond donors (Lipinski definition) is 2. The molecule has 0 bridgehead atoms. The first-order valence-electron chi connectivity index (χ1n) is 8.59. The number of nitro benzene ring substituents is 1. The molecule has 0 aliphatic rings. The number of rotatable bonds is 8. The number of nitro groups is 1. The minimum Gasteiger partial charge on any atom is -0.478 e. The van der Waals surface area contributed by atoms with E-state index in [1.807, 2.05) is 11.8 Å². The van der Waals surface area contributed by atoms with E-state index in [0.29, 0.717) is 25.2 Å². The summed E-state index contributed by atoms with van der Waals surface area (Å²) in [5.41, 5.74) is -3.46. The number of anilines is 1. The number of likely N-dealkylation sites (N-methyl/N-ethyl adjacent to an activating group) is 1. The second-order valence-electron chi connectivity index (χ2n) is 5.97. The van der Waals surface area contributed by atoms with Crippen molar-refractivity contribution in [3.05, 3.63) is 57.6 Å². The predicted molar refractivity (Wildman–Crippen MR) is 101 cm³/mol. The van der Waals surface area contributed by atoms with E-state index < -0.39 is 39.6 Å². The molecule has 0 fully saturated rings. The summed E-state index contributed by atoms with van der Waals surface area (Å²) in [6.07, 6.45) is -5.08. The lowest BCUT2D eigenvalue weighted by atomic mass is 10.1. The maximum Gasteiger partial charge on any atom is 0.423 e. The Labute approximate surface area is 168 Å². The highest BCUT2D eigenvalue weighted by molar-refractivity contribution is 5.94. The summed E-state index contributed by atoms with van der Waals surface area (Å²) < 4.78 is 39.5. The molecule has 0 saturated carbocycles. The third-order valence-electron chi connectivity index (χ3n) is 4.09. The van der Waals surface area contributed by atoms with Gasteiger partial charge in [0.25, 0.3) is 5.69 Å². The topological polar surface area (TPSA) is 129 Å². The standard InChI is InChI=1S/C18H17F3N4O5/c1-2-24(7-8-26)12-5-3-11(4-6-12)22-23-15-10-14(18(19,20)21)16(25(29)30)9-13(15)17(27)28/h3-6,9-10,26H,2,7-8H2,1H3,(H,27,28). The van der Waals surface area contributed by atoms with Gasteiger partial charge in [0.1, 0.15) is 11.3 Å². The molecule has 9 nitrogen and oxygen atoms in total. The van der Waals surface area contributed by atoms with Gasteiger partial charge in [0.05, 0.1) is 22.8 Å². The highest BCUT2D eigenvalue weighted by Crippen LogP contribution is 2.40. The molecule has 30 heavy (non-hydrogen) atoms. The molecule has 160 valence electrons. The van der Waals surface area contributed by atoms with Crippen molar-refractivity contribution < 1.29 is 33.1 Å². The summed E-state index contributed by atoms with van der Waals surface area (Å²) in [6.45, 7) is 2.88. The molecule has 0 amide bonds. The third-order valence-corrected chi connectivity index (χ3v) is 4.09. The summed E-state index contributed by atoms with van der Waals surface area (Å²) >= 11 is 0. The average molecular weight is 426 g/mol. The van der Waals surface area contributed by atoms with E-state index in [0.717, 1.165) is 5.69 Å². The molecule has 2 rings (SSSR count). The Bertz CT molecular complexity index is 962. The number of carboxylic acids is 1. The molecule has 0 radical (unpaired) electrons. The predicted octanol–water partition coefficient (Wildman–Crippen LogP) is 4.55. The molecule has 0 aliphatic carbocycles. The van der Waals surface area contributed by atoms with Crippen molar-refractivity contribution in [3.63, 3.8) is 0 Å². The van der Waals surface area contributed by atoms with E-state index in [2.05, 4.69) is 10.2 Å². The highest BCUT2D eigenvalue weighted by atomic mass is 19.4. The molecule has 0 aromatic heterocycles. The first-order valence-corrected chi connectivity index (χ1v) is 8.59. The van der Waals surface area contributed by atoms with Crippen LogP contribution in [0.2, 0.25) is 0 Å². The van der Waals surface area contributed by atoms with Gasteiger partial charge in [0.15, 0.2) is 0 Å². The number of hydrogen-bond acceptors (Lipinski definition) is 7. The number of carbonyl (C=O) groups is 1. The van der Waals surface area contributed by atoms with Gasteiger partial charge >= 0.3 is 12.1 Å². The van der Waals surface area contributed by atoms with Gasteiger partial charge in [-0.1, -0.05) is 0 Å². The second kappa shape index (κ2) is 9.31. The molecule has 0 heterocycles. The number of halogens is 3. The Morgan fingerprint density at radius 3 is 2.30 bits per heavy atom. The maximum absolute atomic E-state index is 13.2. The van der Waals surface area contributed by atoms with E-state index in [1.54, 1.807) is 12.1 Å². The number of azo groups is 1. The highest BCUT2D eigenvalue weighted by Gasteiger charge is 2.40. The Kier molecular flexibility index (Phi) is 7.06. The molecule has 12 heteroatoms. The molecule has 0 saturated heterocycles. The maximum atomic E-state index is 13.2. The van der Waals surface area contributed by atoms with Crippen LogP contribution >= 0.6 is 0 Å². The number of nitrogens with zero attached hydrogens (tertiary/aromatic N) is 4.